The molecule has 2 aliphatic carbocycles. The van der Waals surface area contributed by atoms with Gasteiger partial charge in [-0.15, -0.1) is 0 Å². The number of fused-ring (bicyclic) bond motifs is 3. The van der Waals surface area contributed by atoms with Crippen LogP contribution in [0.5, 0.6) is 11.6 Å². The van der Waals surface area contributed by atoms with Crippen LogP contribution in [0.15, 0.2) is 54.8 Å². The van der Waals surface area contributed by atoms with Gasteiger partial charge in [-0.2, -0.15) is 0 Å². The smallest absolute Gasteiger partial charge is 0.408 e. The van der Waals surface area contributed by atoms with E-state index in [1.165, 1.54) is 17.1 Å². The highest BCUT2D eigenvalue weighted by Crippen LogP contribution is 2.46. The Bertz CT molecular complexity index is 1950. The van der Waals surface area contributed by atoms with Crippen molar-refractivity contribution >= 4 is 50.6 Å². The summed E-state index contributed by atoms with van der Waals surface area (Å²) in [7, 11) is -2.42. The molecule has 2 saturated carbocycles. The molecule has 52 heavy (non-hydrogen) atoms. The van der Waals surface area contributed by atoms with Crippen LogP contribution >= 0.6 is 0 Å². The number of carbonyl (C=O) groups is 5. The van der Waals surface area contributed by atoms with Crippen molar-refractivity contribution in [1.29, 1.82) is 0 Å². The van der Waals surface area contributed by atoms with Gasteiger partial charge in [0.25, 0.3) is 5.91 Å². The molecule has 0 radical (unpaired) electrons. The average molecular weight is 740 g/mol. The Morgan fingerprint density at radius 2 is 1.88 bits per heavy atom. The lowest BCUT2D eigenvalue weighted by atomic mass is 10.1. The molecule has 6 rings (SSSR count). The number of hydrogen-bond acceptors (Lipinski definition) is 12. The van der Waals surface area contributed by atoms with Crippen LogP contribution in [0.3, 0.4) is 0 Å². The van der Waals surface area contributed by atoms with Gasteiger partial charge < -0.3 is 34.5 Å². The van der Waals surface area contributed by atoms with Crippen LogP contribution in [0.2, 0.25) is 0 Å². The van der Waals surface area contributed by atoms with E-state index >= 15 is 0 Å². The molecule has 0 spiro atoms. The molecular formula is C35H41N5O11S. The van der Waals surface area contributed by atoms with Crippen LogP contribution in [0.25, 0.3) is 10.8 Å². The van der Waals surface area contributed by atoms with Crippen LogP contribution in [0.4, 0.5) is 4.79 Å². The summed E-state index contributed by atoms with van der Waals surface area (Å²) in [5, 5.41) is 5.93. The minimum absolute atomic E-state index is 0.0619. The number of sulfonamides is 1. The molecule has 5 atom stereocenters. The van der Waals surface area contributed by atoms with Gasteiger partial charge in [0, 0.05) is 30.0 Å². The number of esters is 1. The Labute approximate surface area is 300 Å². The first-order valence-corrected chi connectivity index (χ1v) is 18.4. The monoisotopic (exact) mass is 739 g/mol. The number of benzene rings is 1. The summed E-state index contributed by atoms with van der Waals surface area (Å²) in [6.45, 7) is 4.15. The molecule has 3 heterocycles. The Morgan fingerprint density at radius 1 is 1.12 bits per heavy atom. The van der Waals surface area contributed by atoms with E-state index in [1.54, 1.807) is 64.4 Å². The number of rotatable bonds is 7. The van der Waals surface area contributed by atoms with Gasteiger partial charge in [-0.1, -0.05) is 18.2 Å². The molecule has 1 aromatic carbocycles. The first-order chi connectivity index (χ1) is 24.6. The standard InChI is InChI=1S/C35H41N5O11S/c1-34(2,3)51-33(45)37-26-19-49-28(41)8-6-5-7-21-17-35(21,32(44)39-52(46,47)24-10-11-24)38-29(42)27-16-23(18-40(27)31(26)43)50-30-25-12-9-22(48-4)15-20(25)13-14-36-30/h5-9,12-15,21,23-24,26-27H,10-11,16-19H2,1-4H3,(H,37,45)(H,38,42)(H,39,44)/t21-,23-,26+,27+,35-/m1/s1. The maximum atomic E-state index is 14.3. The Kier molecular flexibility index (Phi) is 9.91. The Hall–Kier alpha value is -5.19. The molecule has 0 unspecified atom stereocenters. The molecule has 3 fully saturated rings. The maximum absolute atomic E-state index is 14.3. The van der Waals surface area contributed by atoms with E-state index in [0.717, 1.165) is 11.5 Å². The molecule has 17 heteroatoms. The van der Waals surface area contributed by atoms with Gasteiger partial charge in [-0.3, -0.25) is 19.1 Å². The second-order valence-electron chi connectivity index (χ2n) is 14.2. The first kappa shape index (κ1) is 36.6. The number of aromatic nitrogens is 1. The van der Waals surface area contributed by atoms with Gasteiger partial charge in [0.2, 0.25) is 27.7 Å². The molecule has 2 aromatic rings. The van der Waals surface area contributed by atoms with Gasteiger partial charge >= 0.3 is 12.1 Å². The van der Waals surface area contributed by atoms with Crippen molar-refractivity contribution in [3.63, 3.8) is 0 Å². The van der Waals surface area contributed by atoms with Crippen molar-refractivity contribution < 1.29 is 51.3 Å². The highest BCUT2D eigenvalue weighted by atomic mass is 32.2. The fourth-order valence-electron chi connectivity index (χ4n) is 6.22. The lowest BCUT2D eigenvalue weighted by Crippen LogP contribution is -2.59. The van der Waals surface area contributed by atoms with Crippen LogP contribution < -0.4 is 24.8 Å². The molecule has 0 bridgehead atoms. The van der Waals surface area contributed by atoms with Crippen molar-refractivity contribution in [2.45, 2.75) is 81.0 Å². The zero-order valence-corrected chi connectivity index (χ0v) is 29.9. The highest BCUT2D eigenvalue weighted by Gasteiger charge is 2.62. The number of nitrogens with one attached hydrogen (secondary N) is 3. The number of pyridine rings is 1. The minimum atomic E-state index is -3.96. The number of hydrogen-bond donors (Lipinski definition) is 3. The predicted molar refractivity (Wildman–Crippen MR) is 184 cm³/mol. The fraction of sp³-hybridized carbons (Fsp3) is 0.486. The predicted octanol–water partition coefficient (Wildman–Crippen LogP) is 1.64. The number of methoxy groups -OCH3 is 1. The van der Waals surface area contributed by atoms with Crippen LogP contribution in [0.1, 0.15) is 46.5 Å². The van der Waals surface area contributed by atoms with Gasteiger partial charge in [0.1, 0.15) is 41.7 Å². The van der Waals surface area contributed by atoms with Gasteiger partial charge in [0.15, 0.2) is 0 Å². The molecule has 4 aliphatic rings. The summed E-state index contributed by atoms with van der Waals surface area (Å²) >= 11 is 0. The summed E-state index contributed by atoms with van der Waals surface area (Å²) in [4.78, 5) is 73.2. The zero-order valence-electron chi connectivity index (χ0n) is 29.1. The normalized spacial score (nSPS) is 26.5. The van der Waals surface area contributed by atoms with E-state index in [1.807, 2.05) is 0 Å². The number of allylic oxidation sites excluding steroid dienone is 2. The van der Waals surface area contributed by atoms with Crippen LogP contribution in [-0.4, -0.2) is 103 Å². The molecular weight excluding hydrogens is 698 g/mol. The van der Waals surface area contributed by atoms with E-state index in [2.05, 4.69) is 20.3 Å². The molecule has 1 saturated heterocycles. The molecule has 1 aromatic heterocycles. The Morgan fingerprint density at radius 3 is 2.60 bits per heavy atom. The quantitative estimate of drug-likeness (QED) is 0.347. The third-order valence-corrected chi connectivity index (χ3v) is 10.9. The summed E-state index contributed by atoms with van der Waals surface area (Å²) < 4.78 is 49.9. The van der Waals surface area contributed by atoms with E-state index in [-0.39, 0.29) is 25.3 Å². The molecule has 2 aliphatic heterocycles. The number of carbonyl (C=O) groups excluding carboxylic acids is 5. The van der Waals surface area contributed by atoms with Gasteiger partial charge in [-0.05, 0) is 69.7 Å². The minimum Gasteiger partial charge on any atom is -0.497 e. The highest BCUT2D eigenvalue weighted by molar-refractivity contribution is 7.91. The zero-order chi connectivity index (χ0) is 37.4. The van der Waals surface area contributed by atoms with Gasteiger partial charge in [0.05, 0.1) is 18.9 Å². The largest absolute Gasteiger partial charge is 0.497 e. The van der Waals surface area contributed by atoms with E-state index in [9.17, 15) is 32.4 Å². The van der Waals surface area contributed by atoms with Crippen LogP contribution in [-0.2, 0) is 38.7 Å². The topological polar surface area (TPSA) is 209 Å². The Balaban J connectivity index is 1.33. The summed E-state index contributed by atoms with van der Waals surface area (Å²) in [5.74, 6) is -3.05. The number of cyclic esters (lactones) is 1. The number of alkyl carbamates (subject to hydrolysis) is 1. The maximum Gasteiger partial charge on any atom is 0.408 e. The van der Waals surface area contributed by atoms with E-state index in [0.29, 0.717) is 24.0 Å². The summed E-state index contributed by atoms with van der Waals surface area (Å²) in [6, 6.07) is 4.34. The number of nitrogens with zero attached hydrogens (tertiary/aromatic N) is 2. The molecule has 278 valence electrons. The summed E-state index contributed by atoms with van der Waals surface area (Å²) in [5.41, 5.74) is -2.58. The van der Waals surface area contributed by atoms with Crippen molar-refractivity contribution in [2.75, 3.05) is 20.3 Å². The number of amides is 4. The third kappa shape index (κ3) is 8.14. The average Bonchev–Trinajstić information content (AvgIpc) is 4.00. The number of ether oxygens (including phenoxy) is 4. The molecule has 4 amide bonds. The SMILES string of the molecule is COc1ccc2c(O[C@@H]3C[C@H]4C(=O)N[C@]5(C(=O)NS(=O)(=O)C6CC6)C[C@H]5C=CC=CC(=O)OC[C@H](NC(=O)OC(C)(C)C)C(=O)N4C3)nccc2c1. The molecule has 16 nitrogen and oxygen atoms in total. The van der Waals surface area contributed by atoms with Gasteiger partial charge in [-0.25, -0.2) is 23.0 Å². The van der Waals surface area contributed by atoms with Crippen molar-refractivity contribution in [3.8, 4) is 11.6 Å². The van der Waals surface area contributed by atoms with Crippen molar-refractivity contribution in [1.82, 2.24) is 25.2 Å². The second-order valence-corrected chi connectivity index (χ2v) is 16.2. The summed E-state index contributed by atoms with van der Waals surface area (Å²) in [6.07, 6.45) is 6.10. The second kappa shape index (κ2) is 14.1. The first-order valence-electron chi connectivity index (χ1n) is 16.9. The third-order valence-electron chi connectivity index (χ3n) is 9.09. The fourth-order valence-corrected chi connectivity index (χ4v) is 7.58. The van der Waals surface area contributed by atoms with E-state index < -0.39 is 86.9 Å². The lowest BCUT2D eigenvalue weighted by Gasteiger charge is -2.30. The van der Waals surface area contributed by atoms with Crippen molar-refractivity contribution in [3.05, 3.63) is 54.8 Å². The van der Waals surface area contributed by atoms with Crippen molar-refractivity contribution in [2.24, 2.45) is 5.92 Å². The van der Waals surface area contributed by atoms with Crippen LogP contribution in [0, 0.1) is 5.92 Å². The van der Waals surface area contributed by atoms with E-state index in [4.69, 9.17) is 18.9 Å². The lowest BCUT2D eigenvalue weighted by molar-refractivity contribution is -0.145. The molecule has 3 N–H and O–H groups in total.